The molecule has 0 atom stereocenters. The summed E-state index contributed by atoms with van der Waals surface area (Å²) in [5, 5.41) is 30.7. The Morgan fingerprint density at radius 2 is 1.89 bits per heavy atom. The maximum atomic E-state index is 9.40. The van der Waals surface area contributed by atoms with Gasteiger partial charge in [-0.05, 0) is 74.9 Å². The van der Waals surface area contributed by atoms with Crippen molar-refractivity contribution in [1.29, 1.82) is 10.5 Å². The van der Waals surface area contributed by atoms with E-state index in [1.807, 2.05) is 43.5 Å². The molecule has 7 rings (SSSR count). The van der Waals surface area contributed by atoms with Crippen LogP contribution in [0.2, 0.25) is 0 Å². The standard InChI is InChI=1S/C26H23N9OS/c1-15-7-18(5-4-6-27)8-16(2)21(15)36-23-20-22(30-17(3)35(20)9-19-34-29-14-37-19)31-24(32-23)33-26-10-25(11-26,12-26)13-28/h4-5,7-8,14H,9-12H2,1-3H3,(H,31,32,33)/b5-4+. The van der Waals surface area contributed by atoms with E-state index in [1.54, 1.807) is 11.6 Å². The molecule has 0 aliphatic heterocycles. The first-order chi connectivity index (χ1) is 17.8. The van der Waals surface area contributed by atoms with Gasteiger partial charge in [0.2, 0.25) is 5.95 Å². The fraction of sp³-hybridized carbons (Fsp3) is 0.346. The van der Waals surface area contributed by atoms with E-state index in [4.69, 9.17) is 25.0 Å². The van der Waals surface area contributed by atoms with Crippen LogP contribution in [0.15, 0.2) is 23.7 Å². The summed E-state index contributed by atoms with van der Waals surface area (Å²) in [5.74, 6) is 2.29. The first kappa shape index (κ1) is 23.1. The smallest absolute Gasteiger partial charge is 0.250 e. The van der Waals surface area contributed by atoms with Gasteiger partial charge in [0, 0.05) is 11.6 Å². The number of aryl methyl sites for hydroxylation is 3. The van der Waals surface area contributed by atoms with Crippen molar-refractivity contribution < 1.29 is 4.74 Å². The lowest BCUT2D eigenvalue weighted by molar-refractivity contribution is -0.0665. The molecule has 0 unspecified atom stereocenters. The number of ether oxygens (including phenoxy) is 1. The molecule has 2 bridgehead atoms. The largest absolute Gasteiger partial charge is 0.436 e. The molecule has 3 heterocycles. The molecule has 0 spiro atoms. The summed E-state index contributed by atoms with van der Waals surface area (Å²) in [6.45, 7) is 6.33. The number of nitrogens with zero attached hydrogens (tertiary/aromatic N) is 8. The Morgan fingerprint density at radius 1 is 1.14 bits per heavy atom. The molecule has 184 valence electrons. The number of hydrogen-bond donors (Lipinski definition) is 1. The van der Waals surface area contributed by atoms with Crippen molar-refractivity contribution in [3.8, 4) is 23.8 Å². The second-order valence-electron chi connectivity index (χ2n) is 9.98. The highest BCUT2D eigenvalue weighted by atomic mass is 32.1. The lowest BCUT2D eigenvalue weighted by Crippen LogP contribution is -2.70. The quantitative estimate of drug-likeness (QED) is 0.347. The lowest BCUT2D eigenvalue weighted by Gasteiger charge is -2.66. The molecule has 11 heteroatoms. The molecule has 37 heavy (non-hydrogen) atoms. The van der Waals surface area contributed by atoms with Gasteiger partial charge in [0.1, 0.15) is 22.1 Å². The van der Waals surface area contributed by atoms with Crippen molar-refractivity contribution in [1.82, 2.24) is 29.7 Å². The summed E-state index contributed by atoms with van der Waals surface area (Å²) < 4.78 is 8.52. The maximum absolute atomic E-state index is 9.40. The van der Waals surface area contributed by atoms with E-state index in [9.17, 15) is 5.26 Å². The lowest BCUT2D eigenvalue weighted by atomic mass is 9.40. The van der Waals surface area contributed by atoms with Gasteiger partial charge < -0.3 is 14.6 Å². The molecule has 1 N–H and O–H groups in total. The van der Waals surface area contributed by atoms with Crippen LogP contribution in [0.5, 0.6) is 11.6 Å². The second-order valence-corrected chi connectivity index (χ2v) is 10.9. The normalized spacial score (nSPS) is 21.8. The number of aromatic nitrogens is 6. The molecule has 1 aromatic carbocycles. The van der Waals surface area contributed by atoms with Crippen LogP contribution in [0.4, 0.5) is 5.95 Å². The van der Waals surface area contributed by atoms with Crippen molar-refractivity contribution in [3.05, 3.63) is 51.2 Å². The highest BCUT2D eigenvalue weighted by Gasteiger charge is 2.69. The fourth-order valence-electron chi connectivity index (χ4n) is 5.58. The maximum Gasteiger partial charge on any atom is 0.250 e. The third-order valence-corrected chi connectivity index (χ3v) is 7.82. The Morgan fingerprint density at radius 3 is 2.54 bits per heavy atom. The Bertz CT molecular complexity index is 1610. The average molecular weight is 510 g/mol. The van der Waals surface area contributed by atoms with Gasteiger partial charge in [0.15, 0.2) is 11.2 Å². The molecule has 10 nitrogen and oxygen atoms in total. The Hall–Kier alpha value is -4.35. The van der Waals surface area contributed by atoms with Crippen LogP contribution in [0, 0.1) is 48.8 Å². The molecule has 0 radical (unpaired) electrons. The minimum absolute atomic E-state index is 0.134. The summed E-state index contributed by atoms with van der Waals surface area (Å²) >= 11 is 1.47. The van der Waals surface area contributed by atoms with Gasteiger partial charge >= 0.3 is 0 Å². The van der Waals surface area contributed by atoms with E-state index in [0.717, 1.165) is 46.8 Å². The highest BCUT2D eigenvalue weighted by molar-refractivity contribution is 7.09. The average Bonchev–Trinajstić information content (AvgIpc) is 3.44. The third-order valence-electron chi connectivity index (χ3n) is 7.14. The monoisotopic (exact) mass is 509 g/mol. The van der Waals surface area contributed by atoms with E-state index in [2.05, 4.69) is 21.6 Å². The summed E-state index contributed by atoms with van der Waals surface area (Å²) in [7, 11) is 0. The third kappa shape index (κ3) is 3.88. The zero-order valence-corrected chi connectivity index (χ0v) is 21.4. The van der Waals surface area contributed by atoms with Crippen molar-refractivity contribution in [2.45, 2.75) is 52.1 Å². The molecule has 3 aliphatic rings. The van der Waals surface area contributed by atoms with Crippen LogP contribution in [0.3, 0.4) is 0 Å². The predicted octanol–water partition coefficient (Wildman–Crippen LogP) is 4.84. The summed E-state index contributed by atoms with van der Waals surface area (Å²) in [5.41, 5.74) is 5.34. The Balaban J connectivity index is 1.43. The number of fused-ring (bicyclic) bond motifs is 1. The van der Waals surface area contributed by atoms with Gasteiger partial charge in [-0.2, -0.15) is 20.5 Å². The van der Waals surface area contributed by atoms with Gasteiger partial charge in [-0.3, -0.25) is 0 Å². The van der Waals surface area contributed by atoms with Crippen LogP contribution >= 0.6 is 11.3 Å². The SMILES string of the molecule is Cc1cc(/C=C/C#N)cc(C)c1Oc1nc(NC23CC(C#N)(C2)C3)nc2nc(C)n(Cc3nncs3)c12. The molecule has 3 fully saturated rings. The number of nitrogens with one attached hydrogen (secondary N) is 1. The Labute approximate surface area is 217 Å². The van der Waals surface area contributed by atoms with Crippen molar-refractivity contribution in [2.75, 3.05) is 5.32 Å². The minimum atomic E-state index is -0.188. The number of nitriles is 2. The van der Waals surface area contributed by atoms with Crippen LogP contribution in [-0.4, -0.2) is 35.3 Å². The van der Waals surface area contributed by atoms with Gasteiger partial charge in [-0.25, -0.2) is 4.98 Å². The van der Waals surface area contributed by atoms with E-state index < -0.39 is 0 Å². The zero-order valence-electron chi connectivity index (χ0n) is 20.6. The number of allylic oxidation sites excluding steroid dienone is 1. The van der Waals surface area contributed by atoms with E-state index in [-0.39, 0.29) is 11.0 Å². The summed E-state index contributed by atoms with van der Waals surface area (Å²) in [6, 6.07) is 8.41. The van der Waals surface area contributed by atoms with Crippen LogP contribution in [0.1, 0.15) is 46.8 Å². The number of anilines is 1. The number of benzene rings is 1. The Kier molecular flexibility index (Phi) is 5.21. The zero-order chi connectivity index (χ0) is 25.8. The van der Waals surface area contributed by atoms with E-state index in [1.165, 1.54) is 17.4 Å². The molecule has 0 amide bonds. The van der Waals surface area contributed by atoms with E-state index in [0.29, 0.717) is 35.3 Å². The van der Waals surface area contributed by atoms with Crippen molar-refractivity contribution >= 4 is 34.5 Å². The molecule has 3 saturated carbocycles. The summed E-state index contributed by atoms with van der Waals surface area (Å²) in [6.07, 6.45) is 5.63. The molecular weight excluding hydrogens is 486 g/mol. The number of rotatable bonds is 7. The first-order valence-corrected chi connectivity index (χ1v) is 12.8. The predicted molar refractivity (Wildman–Crippen MR) is 138 cm³/mol. The van der Waals surface area contributed by atoms with Crippen LogP contribution in [0.25, 0.3) is 17.2 Å². The molecule has 0 saturated heterocycles. The topological polar surface area (TPSA) is 138 Å². The molecule has 4 aromatic rings. The number of imidazole rings is 1. The van der Waals surface area contributed by atoms with Gasteiger partial charge in [-0.15, -0.1) is 21.5 Å². The summed E-state index contributed by atoms with van der Waals surface area (Å²) in [4.78, 5) is 14.3. The first-order valence-electron chi connectivity index (χ1n) is 11.9. The second kappa shape index (κ2) is 8.36. The van der Waals surface area contributed by atoms with Gasteiger partial charge in [0.25, 0.3) is 5.88 Å². The van der Waals surface area contributed by atoms with Gasteiger partial charge in [-0.1, -0.05) is 0 Å². The van der Waals surface area contributed by atoms with E-state index >= 15 is 0 Å². The van der Waals surface area contributed by atoms with Crippen molar-refractivity contribution in [2.24, 2.45) is 5.41 Å². The minimum Gasteiger partial charge on any atom is -0.436 e. The number of hydrogen-bond acceptors (Lipinski definition) is 10. The molecular formula is C26H23N9OS. The van der Waals surface area contributed by atoms with Gasteiger partial charge in [0.05, 0.1) is 24.1 Å². The molecule has 3 aliphatic carbocycles. The molecule has 3 aromatic heterocycles. The van der Waals surface area contributed by atoms with Crippen LogP contribution in [-0.2, 0) is 6.54 Å². The van der Waals surface area contributed by atoms with Crippen LogP contribution < -0.4 is 10.1 Å². The highest BCUT2D eigenvalue weighted by Crippen LogP contribution is 2.67. The fourth-order valence-corrected chi connectivity index (χ4v) is 6.09. The van der Waals surface area contributed by atoms with Crippen molar-refractivity contribution in [3.63, 3.8) is 0 Å².